The maximum absolute atomic E-state index is 6.24. The summed E-state index contributed by atoms with van der Waals surface area (Å²) in [6.07, 6.45) is 0.807. The molecule has 94 valence electrons. The van der Waals surface area contributed by atoms with Gasteiger partial charge in [-0.25, -0.2) is 0 Å². The molecule has 0 aliphatic heterocycles. The minimum Gasteiger partial charge on any atom is -0.0840 e. The second kappa shape index (κ2) is 6.42. The molecule has 0 aromatic heterocycles. The third-order valence-electron chi connectivity index (χ3n) is 2.66. The summed E-state index contributed by atoms with van der Waals surface area (Å²) in [5.41, 5.74) is 2.18. The van der Waals surface area contributed by atoms with Crippen LogP contribution in [0.2, 0.25) is 10.0 Å². The van der Waals surface area contributed by atoms with Gasteiger partial charge in [0.2, 0.25) is 0 Å². The van der Waals surface area contributed by atoms with Crippen LogP contribution >= 0.6 is 55.1 Å². The fourth-order valence-electron chi connectivity index (χ4n) is 1.72. The van der Waals surface area contributed by atoms with Crippen molar-refractivity contribution >= 4 is 55.1 Å². The molecule has 1 atom stereocenters. The van der Waals surface area contributed by atoms with Crippen molar-refractivity contribution in [2.24, 2.45) is 0 Å². The van der Waals surface area contributed by atoms with Crippen LogP contribution in [0.1, 0.15) is 16.0 Å². The standard InChI is InChI=1S/C14H10Br2Cl2/c15-10-5-6-11(14(18)8-10)12(16)7-9-3-1-2-4-13(9)17/h1-6,8,12H,7H2. The Balaban J connectivity index is 2.22. The van der Waals surface area contributed by atoms with Gasteiger partial charge in [0, 0.05) is 19.3 Å². The molecule has 0 saturated heterocycles. The fraction of sp³-hybridized carbons (Fsp3) is 0.143. The highest BCUT2D eigenvalue weighted by atomic mass is 79.9. The average molecular weight is 409 g/mol. The van der Waals surface area contributed by atoms with Crippen LogP contribution in [0.3, 0.4) is 0 Å². The van der Waals surface area contributed by atoms with Gasteiger partial charge in [-0.3, -0.25) is 0 Å². The van der Waals surface area contributed by atoms with Gasteiger partial charge in [-0.15, -0.1) is 0 Å². The quantitative estimate of drug-likeness (QED) is 0.513. The Kier molecular flexibility index (Phi) is 5.14. The van der Waals surface area contributed by atoms with E-state index in [1.165, 1.54) is 0 Å². The molecule has 0 saturated carbocycles. The molecule has 0 spiro atoms. The maximum Gasteiger partial charge on any atom is 0.0460 e. The van der Waals surface area contributed by atoms with Crippen LogP contribution < -0.4 is 0 Å². The summed E-state index contributed by atoms with van der Waals surface area (Å²) in [6, 6.07) is 13.8. The van der Waals surface area contributed by atoms with Crippen LogP contribution in [-0.2, 0) is 6.42 Å². The minimum absolute atomic E-state index is 0.151. The SMILES string of the molecule is Clc1ccccc1CC(Br)c1ccc(Br)cc1Cl. The molecule has 2 rings (SSSR count). The largest absolute Gasteiger partial charge is 0.0840 e. The van der Waals surface area contributed by atoms with Gasteiger partial charge in [-0.2, -0.15) is 0 Å². The monoisotopic (exact) mass is 406 g/mol. The second-order valence-electron chi connectivity index (χ2n) is 3.93. The van der Waals surface area contributed by atoms with Crippen LogP contribution in [0.25, 0.3) is 0 Å². The van der Waals surface area contributed by atoms with E-state index in [4.69, 9.17) is 23.2 Å². The number of hydrogen-bond acceptors (Lipinski definition) is 0. The molecule has 0 radical (unpaired) electrons. The van der Waals surface area contributed by atoms with Gasteiger partial charge in [-0.05, 0) is 35.7 Å². The van der Waals surface area contributed by atoms with Crippen molar-refractivity contribution in [3.05, 3.63) is 68.1 Å². The zero-order valence-corrected chi connectivity index (χ0v) is 14.0. The first-order chi connectivity index (χ1) is 8.58. The van der Waals surface area contributed by atoms with Crippen molar-refractivity contribution in [1.29, 1.82) is 0 Å². The van der Waals surface area contributed by atoms with E-state index in [1.54, 1.807) is 0 Å². The number of benzene rings is 2. The minimum atomic E-state index is 0.151. The van der Waals surface area contributed by atoms with Crippen LogP contribution in [0.15, 0.2) is 46.9 Å². The van der Waals surface area contributed by atoms with E-state index >= 15 is 0 Å². The normalized spacial score (nSPS) is 12.4. The zero-order valence-electron chi connectivity index (χ0n) is 9.34. The third kappa shape index (κ3) is 3.51. The highest BCUT2D eigenvalue weighted by Gasteiger charge is 2.13. The Hall–Kier alpha value is -0.0200. The van der Waals surface area contributed by atoms with E-state index < -0.39 is 0 Å². The summed E-state index contributed by atoms with van der Waals surface area (Å²) in [5.74, 6) is 0. The Labute approximate surface area is 134 Å². The summed E-state index contributed by atoms with van der Waals surface area (Å²) < 4.78 is 0.980. The fourth-order valence-corrected chi connectivity index (χ4v) is 3.62. The van der Waals surface area contributed by atoms with Gasteiger partial charge < -0.3 is 0 Å². The van der Waals surface area contributed by atoms with Crippen LogP contribution in [-0.4, -0.2) is 0 Å². The third-order valence-corrected chi connectivity index (χ3v) is 4.66. The van der Waals surface area contributed by atoms with Crippen molar-refractivity contribution in [2.75, 3.05) is 0 Å². The van der Waals surface area contributed by atoms with Crippen LogP contribution in [0.5, 0.6) is 0 Å². The van der Waals surface area contributed by atoms with Crippen molar-refractivity contribution in [1.82, 2.24) is 0 Å². The molecule has 0 fully saturated rings. The van der Waals surface area contributed by atoms with Crippen molar-refractivity contribution < 1.29 is 0 Å². The number of halogens is 4. The number of alkyl halides is 1. The number of hydrogen-bond donors (Lipinski definition) is 0. The molecule has 0 amide bonds. The van der Waals surface area contributed by atoms with E-state index in [2.05, 4.69) is 31.9 Å². The molecule has 2 aromatic rings. The Morgan fingerprint density at radius 1 is 1.00 bits per heavy atom. The summed E-state index contributed by atoms with van der Waals surface area (Å²) >= 11 is 19.5. The lowest BCUT2D eigenvalue weighted by Crippen LogP contribution is -1.97. The maximum atomic E-state index is 6.24. The lowest BCUT2D eigenvalue weighted by molar-refractivity contribution is 0.949. The molecular formula is C14H10Br2Cl2. The molecule has 0 bridgehead atoms. The summed E-state index contributed by atoms with van der Waals surface area (Å²) in [7, 11) is 0. The van der Waals surface area contributed by atoms with Crippen molar-refractivity contribution in [3.8, 4) is 0 Å². The average Bonchev–Trinajstić information content (AvgIpc) is 2.32. The molecule has 18 heavy (non-hydrogen) atoms. The van der Waals surface area contributed by atoms with Gasteiger partial charge in [0.25, 0.3) is 0 Å². The molecule has 1 unspecified atom stereocenters. The first kappa shape index (κ1) is 14.4. The summed E-state index contributed by atoms with van der Waals surface area (Å²) in [4.78, 5) is 0.151. The lowest BCUT2D eigenvalue weighted by Gasteiger charge is -2.13. The Morgan fingerprint density at radius 2 is 1.72 bits per heavy atom. The van der Waals surface area contributed by atoms with Crippen molar-refractivity contribution in [2.45, 2.75) is 11.2 Å². The molecule has 4 heteroatoms. The van der Waals surface area contributed by atoms with Gasteiger partial charge >= 0.3 is 0 Å². The van der Waals surface area contributed by atoms with E-state index in [1.807, 2.05) is 42.5 Å². The van der Waals surface area contributed by atoms with Crippen molar-refractivity contribution in [3.63, 3.8) is 0 Å². The van der Waals surface area contributed by atoms with E-state index in [9.17, 15) is 0 Å². The molecule has 0 nitrogen and oxygen atoms in total. The molecular weight excluding hydrogens is 399 g/mol. The van der Waals surface area contributed by atoms with Gasteiger partial charge in [0.1, 0.15) is 0 Å². The molecule has 0 N–H and O–H groups in total. The van der Waals surface area contributed by atoms with E-state index in [0.717, 1.165) is 32.1 Å². The highest BCUT2D eigenvalue weighted by Crippen LogP contribution is 2.35. The first-order valence-corrected chi connectivity index (χ1v) is 7.87. The first-order valence-electron chi connectivity index (χ1n) is 5.40. The lowest BCUT2D eigenvalue weighted by atomic mass is 10.0. The molecule has 0 aliphatic carbocycles. The van der Waals surface area contributed by atoms with Gasteiger partial charge in [0.05, 0.1) is 0 Å². The topological polar surface area (TPSA) is 0 Å². The Morgan fingerprint density at radius 3 is 2.39 bits per heavy atom. The predicted octanol–water partition coefficient (Wildman–Crippen LogP) is 6.43. The van der Waals surface area contributed by atoms with E-state index in [0.29, 0.717) is 0 Å². The predicted molar refractivity (Wildman–Crippen MR) is 86.0 cm³/mol. The molecule has 2 aromatic carbocycles. The zero-order chi connectivity index (χ0) is 13.1. The van der Waals surface area contributed by atoms with Crippen LogP contribution in [0, 0.1) is 0 Å². The Bertz CT molecular complexity index is 555. The van der Waals surface area contributed by atoms with Gasteiger partial charge in [0.15, 0.2) is 0 Å². The van der Waals surface area contributed by atoms with Gasteiger partial charge in [-0.1, -0.05) is 79.3 Å². The number of rotatable bonds is 3. The summed E-state index contributed by atoms with van der Waals surface area (Å²) in [6.45, 7) is 0. The van der Waals surface area contributed by atoms with E-state index in [-0.39, 0.29) is 4.83 Å². The smallest absolute Gasteiger partial charge is 0.0460 e. The molecule has 0 heterocycles. The van der Waals surface area contributed by atoms with Crippen LogP contribution in [0.4, 0.5) is 0 Å². The summed E-state index contributed by atoms with van der Waals surface area (Å²) in [5, 5.41) is 1.54. The highest BCUT2D eigenvalue weighted by molar-refractivity contribution is 9.10. The second-order valence-corrected chi connectivity index (χ2v) is 6.76. The molecule has 0 aliphatic rings.